The summed E-state index contributed by atoms with van der Waals surface area (Å²) < 4.78 is 9.83. The van der Waals surface area contributed by atoms with Gasteiger partial charge < -0.3 is 9.84 Å². The molecule has 0 radical (unpaired) electrons. The minimum atomic E-state index is -0.968. The lowest BCUT2D eigenvalue weighted by Gasteiger charge is -2.28. The van der Waals surface area contributed by atoms with E-state index in [-0.39, 0.29) is 23.5 Å². The van der Waals surface area contributed by atoms with Gasteiger partial charge in [0.1, 0.15) is 11.3 Å². The highest BCUT2D eigenvalue weighted by molar-refractivity contribution is 5.89. The number of aryl methyl sites for hydroxylation is 1. The fraction of sp³-hybridized carbons (Fsp3) is 0.400. The van der Waals surface area contributed by atoms with E-state index in [0.29, 0.717) is 11.6 Å². The van der Waals surface area contributed by atoms with Gasteiger partial charge in [0, 0.05) is 25.1 Å². The molecule has 38 heavy (non-hydrogen) atoms. The smallest absolute Gasteiger partial charge is 0.339 e. The summed E-state index contributed by atoms with van der Waals surface area (Å²) in [6, 6.07) is 16.3. The SMILES string of the molecule is CC(Oc1cccc(-c2cccc(-n3ncc(C(=O)O)c3[C@H]3C[C@@H]3c3cn(C)nn3)c2)c1)C1CCCCC1. The number of aromatic nitrogens is 5. The monoisotopic (exact) mass is 511 g/mol. The van der Waals surface area contributed by atoms with E-state index in [2.05, 4.69) is 46.6 Å². The molecule has 2 saturated carbocycles. The Bertz CT molecular complexity index is 1450. The van der Waals surface area contributed by atoms with E-state index in [1.165, 1.54) is 38.3 Å². The molecule has 0 bridgehead atoms. The van der Waals surface area contributed by atoms with E-state index < -0.39 is 5.97 Å². The van der Waals surface area contributed by atoms with Crippen molar-refractivity contribution in [2.45, 2.75) is 63.4 Å². The highest BCUT2D eigenvalue weighted by atomic mass is 16.5. The van der Waals surface area contributed by atoms with Crippen molar-refractivity contribution in [2.75, 3.05) is 0 Å². The molecular weight excluding hydrogens is 478 g/mol. The quantitative estimate of drug-likeness (QED) is 0.312. The van der Waals surface area contributed by atoms with Gasteiger partial charge >= 0.3 is 5.97 Å². The van der Waals surface area contributed by atoms with Crippen molar-refractivity contribution < 1.29 is 14.6 Å². The summed E-state index contributed by atoms with van der Waals surface area (Å²) in [6.07, 6.45) is 10.8. The first-order valence-electron chi connectivity index (χ1n) is 13.5. The Morgan fingerprint density at radius 2 is 1.82 bits per heavy atom. The number of hydrogen-bond acceptors (Lipinski definition) is 5. The fourth-order valence-corrected chi connectivity index (χ4v) is 5.93. The van der Waals surface area contributed by atoms with Crippen molar-refractivity contribution in [1.29, 1.82) is 0 Å². The second kappa shape index (κ2) is 10.1. The lowest BCUT2D eigenvalue weighted by Crippen LogP contribution is -2.25. The lowest BCUT2D eigenvalue weighted by molar-refractivity contribution is 0.0695. The fourth-order valence-electron chi connectivity index (χ4n) is 5.93. The van der Waals surface area contributed by atoms with Crippen LogP contribution in [-0.4, -0.2) is 42.0 Å². The second-order valence-corrected chi connectivity index (χ2v) is 10.7. The predicted octanol–water partition coefficient (Wildman–Crippen LogP) is 5.98. The summed E-state index contributed by atoms with van der Waals surface area (Å²) in [6.45, 7) is 2.19. The van der Waals surface area contributed by atoms with Crippen LogP contribution in [0.4, 0.5) is 0 Å². The Labute approximate surface area is 222 Å². The van der Waals surface area contributed by atoms with Gasteiger partial charge in [-0.05, 0) is 67.5 Å². The summed E-state index contributed by atoms with van der Waals surface area (Å²) in [5, 5.41) is 22.7. The van der Waals surface area contributed by atoms with E-state index in [4.69, 9.17) is 4.74 Å². The first kappa shape index (κ1) is 24.4. The van der Waals surface area contributed by atoms with Crippen LogP contribution in [0.1, 0.15) is 79.0 Å². The van der Waals surface area contributed by atoms with Gasteiger partial charge in [-0.3, -0.25) is 4.68 Å². The van der Waals surface area contributed by atoms with E-state index in [0.717, 1.165) is 34.7 Å². The number of carboxylic acids is 1. The van der Waals surface area contributed by atoms with Crippen molar-refractivity contribution in [2.24, 2.45) is 13.0 Å². The number of rotatable bonds is 8. The largest absolute Gasteiger partial charge is 0.490 e. The van der Waals surface area contributed by atoms with Crippen LogP contribution in [0.15, 0.2) is 60.9 Å². The molecule has 0 saturated heterocycles. The molecule has 196 valence electrons. The number of hydrogen-bond donors (Lipinski definition) is 1. The topological polar surface area (TPSA) is 95.1 Å². The Morgan fingerprint density at radius 3 is 2.55 bits per heavy atom. The van der Waals surface area contributed by atoms with Crippen molar-refractivity contribution in [1.82, 2.24) is 24.8 Å². The number of aromatic carboxylic acids is 1. The highest BCUT2D eigenvalue weighted by Crippen LogP contribution is 2.55. The molecule has 1 unspecified atom stereocenters. The Hall–Kier alpha value is -3.94. The molecule has 2 heterocycles. The first-order valence-corrected chi connectivity index (χ1v) is 13.5. The van der Waals surface area contributed by atoms with Crippen molar-refractivity contribution in [3.63, 3.8) is 0 Å². The maximum atomic E-state index is 12.1. The van der Waals surface area contributed by atoms with Gasteiger partial charge in [-0.2, -0.15) is 5.10 Å². The number of benzene rings is 2. The number of carbonyl (C=O) groups is 1. The Kier molecular flexibility index (Phi) is 6.47. The van der Waals surface area contributed by atoms with Crippen LogP contribution in [0.5, 0.6) is 5.75 Å². The number of ether oxygens (including phenoxy) is 1. The van der Waals surface area contributed by atoms with Gasteiger partial charge in [-0.15, -0.1) is 5.10 Å². The number of nitrogens with zero attached hydrogens (tertiary/aromatic N) is 5. The molecule has 4 aromatic rings. The van der Waals surface area contributed by atoms with Crippen molar-refractivity contribution in [3.8, 4) is 22.6 Å². The summed E-state index contributed by atoms with van der Waals surface area (Å²) in [4.78, 5) is 12.1. The summed E-state index contributed by atoms with van der Waals surface area (Å²) in [5.74, 6) is 0.695. The third kappa shape index (κ3) is 4.83. The zero-order chi connectivity index (χ0) is 26.2. The highest BCUT2D eigenvalue weighted by Gasteiger charge is 2.46. The minimum absolute atomic E-state index is 0.0296. The standard InChI is InChI=1S/C30H33N5O3/c1-19(20-8-4-3-5-9-20)38-24-13-7-11-22(15-24)21-10-6-12-23(14-21)35-29(27(17-31-35)30(36)37)26-16-25(26)28-18-34(2)33-32-28/h6-7,10-15,17-20,25-26H,3-5,8-9,16H2,1-2H3,(H,36,37)/t19?,25-,26-/m0/s1. The van der Waals surface area contributed by atoms with Gasteiger partial charge in [-0.25, -0.2) is 9.48 Å². The molecule has 2 fully saturated rings. The molecule has 0 spiro atoms. The third-order valence-corrected chi connectivity index (χ3v) is 8.07. The molecular formula is C30H33N5O3. The van der Waals surface area contributed by atoms with E-state index in [9.17, 15) is 9.90 Å². The van der Waals surface area contributed by atoms with Crippen LogP contribution in [-0.2, 0) is 7.05 Å². The summed E-state index contributed by atoms with van der Waals surface area (Å²) >= 11 is 0. The molecule has 1 N–H and O–H groups in total. The van der Waals surface area contributed by atoms with Gasteiger partial charge in [0.15, 0.2) is 0 Å². The van der Waals surface area contributed by atoms with Crippen LogP contribution in [0.2, 0.25) is 0 Å². The molecule has 2 aromatic heterocycles. The van der Waals surface area contributed by atoms with Crippen LogP contribution in [0.3, 0.4) is 0 Å². The van der Waals surface area contributed by atoms with Crippen LogP contribution < -0.4 is 4.74 Å². The number of carboxylic acid groups (broad SMARTS) is 1. The molecule has 6 rings (SSSR count). The average Bonchev–Trinajstić information content (AvgIpc) is 3.38. The minimum Gasteiger partial charge on any atom is -0.490 e. The second-order valence-electron chi connectivity index (χ2n) is 10.7. The van der Waals surface area contributed by atoms with Crippen LogP contribution in [0.25, 0.3) is 16.8 Å². The molecule has 0 aliphatic heterocycles. The van der Waals surface area contributed by atoms with Crippen LogP contribution in [0, 0.1) is 5.92 Å². The van der Waals surface area contributed by atoms with Gasteiger partial charge in [0.2, 0.25) is 0 Å². The first-order chi connectivity index (χ1) is 18.5. The third-order valence-electron chi connectivity index (χ3n) is 8.07. The molecule has 8 nitrogen and oxygen atoms in total. The lowest BCUT2D eigenvalue weighted by atomic mass is 9.86. The molecule has 3 atom stereocenters. The average molecular weight is 512 g/mol. The summed E-state index contributed by atoms with van der Waals surface area (Å²) in [7, 11) is 1.84. The van der Waals surface area contributed by atoms with E-state index >= 15 is 0 Å². The normalized spacial score (nSPS) is 20.3. The molecule has 8 heteroatoms. The van der Waals surface area contributed by atoms with Gasteiger partial charge in [0.25, 0.3) is 0 Å². The molecule has 2 aliphatic carbocycles. The maximum Gasteiger partial charge on any atom is 0.339 e. The molecule has 0 amide bonds. The summed E-state index contributed by atoms with van der Waals surface area (Å²) in [5.41, 5.74) is 4.74. The van der Waals surface area contributed by atoms with Gasteiger partial charge in [-0.1, -0.05) is 48.7 Å². The van der Waals surface area contributed by atoms with Crippen LogP contribution >= 0.6 is 0 Å². The maximum absolute atomic E-state index is 12.1. The van der Waals surface area contributed by atoms with E-state index in [1.807, 2.05) is 37.5 Å². The predicted molar refractivity (Wildman–Crippen MR) is 144 cm³/mol. The van der Waals surface area contributed by atoms with Crippen molar-refractivity contribution >= 4 is 5.97 Å². The Morgan fingerprint density at radius 1 is 1.05 bits per heavy atom. The van der Waals surface area contributed by atoms with E-state index in [1.54, 1.807) is 9.36 Å². The zero-order valence-corrected chi connectivity index (χ0v) is 21.8. The zero-order valence-electron chi connectivity index (χ0n) is 21.8. The van der Waals surface area contributed by atoms with Gasteiger partial charge in [0.05, 0.1) is 29.4 Å². The Balaban J connectivity index is 1.28. The van der Waals surface area contributed by atoms with Crippen molar-refractivity contribution in [3.05, 3.63) is 77.9 Å². The molecule has 2 aliphatic rings. The molecule has 2 aromatic carbocycles.